The highest BCUT2D eigenvalue weighted by Gasteiger charge is 2.19. The SMILES string of the molecule is COc1ccc(NC(=O)Cn2cnc3ccccc3c2=O)cc1OC1CCCC1. The van der Waals surface area contributed by atoms with Gasteiger partial charge in [0.2, 0.25) is 5.91 Å². The third-order valence-corrected chi connectivity index (χ3v) is 5.09. The van der Waals surface area contributed by atoms with Crippen LogP contribution in [0.4, 0.5) is 5.69 Å². The van der Waals surface area contributed by atoms with E-state index in [1.54, 1.807) is 43.5 Å². The van der Waals surface area contributed by atoms with E-state index in [0.29, 0.717) is 28.1 Å². The molecule has 0 aliphatic heterocycles. The maximum atomic E-state index is 12.6. The van der Waals surface area contributed by atoms with Crippen molar-refractivity contribution >= 4 is 22.5 Å². The Morgan fingerprint density at radius 2 is 1.97 bits per heavy atom. The number of para-hydroxylation sites is 1. The molecular weight excluding hydrogens is 370 g/mol. The number of hydrogen-bond donors (Lipinski definition) is 1. The first-order chi connectivity index (χ1) is 14.1. The minimum absolute atomic E-state index is 0.123. The topological polar surface area (TPSA) is 82.5 Å². The van der Waals surface area contributed by atoms with E-state index in [9.17, 15) is 9.59 Å². The zero-order chi connectivity index (χ0) is 20.2. The van der Waals surface area contributed by atoms with Crippen LogP contribution >= 0.6 is 0 Å². The first-order valence-corrected chi connectivity index (χ1v) is 9.73. The molecule has 1 aliphatic rings. The average Bonchev–Trinajstić information content (AvgIpc) is 3.24. The Morgan fingerprint density at radius 3 is 2.76 bits per heavy atom. The van der Waals surface area contributed by atoms with Gasteiger partial charge in [0, 0.05) is 11.8 Å². The van der Waals surface area contributed by atoms with Crippen LogP contribution in [0, 0.1) is 0 Å². The number of benzene rings is 2. The predicted molar refractivity (Wildman–Crippen MR) is 111 cm³/mol. The molecule has 0 spiro atoms. The molecule has 1 aromatic heterocycles. The molecule has 1 saturated carbocycles. The van der Waals surface area contributed by atoms with E-state index < -0.39 is 0 Å². The van der Waals surface area contributed by atoms with Crippen molar-refractivity contribution in [2.45, 2.75) is 38.3 Å². The number of carbonyl (C=O) groups is 1. The number of fused-ring (bicyclic) bond motifs is 1. The molecule has 1 fully saturated rings. The summed E-state index contributed by atoms with van der Waals surface area (Å²) in [5, 5.41) is 3.31. The number of nitrogens with zero attached hydrogens (tertiary/aromatic N) is 2. The van der Waals surface area contributed by atoms with Crippen molar-refractivity contribution in [2.24, 2.45) is 0 Å². The molecule has 150 valence electrons. The fourth-order valence-electron chi connectivity index (χ4n) is 3.61. The third kappa shape index (κ3) is 4.23. The minimum atomic E-state index is -0.318. The van der Waals surface area contributed by atoms with Crippen molar-refractivity contribution in [3.8, 4) is 11.5 Å². The lowest BCUT2D eigenvalue weighted by molar-refractivity contribution is -0.116. The van der Waals surface area contributed by atoms with Crippen LogP contribution in [0.1, 0.15) is 25.7 Å². The second-order valence-electron chi connectivity index (χ2n) is 7.13. The lowest BCUT2D eigenvalue weighted by Gasteiger charge is -2.17. The van der Waals surface area contributed by atoms with E-state index in [0.717, 1.165) is 25.7 Å². The van der Waals surface area contributed by atoms with E-state index in [-0.39, 0.29) is 24.1 Å². The Labute approximate surface area is 168 Å². The van der Waals surface area contributed by atoms with E-state index in [4.69, 9.17) is 9.47 Å². The molecule has 2 aromatic carbocycles. The van der Waals surface area contributed by atoms with Crippen LogP contribution in [-0.2, 0) is 11.3 Å². The van der Waals surface area contributed by atoms with E-state index in [1.165, 1.54) is 10.9 Å². The molecule has 0 saturated heterocycles. The highest BCUT2D eigenvalue weighted by atomic mass is 16.5. The average molecular weight is 393 g/mol. The van der Waals surface area contributed by atoms with Gasteiger partial charge in [0.25, 0.3) is 5.56 Å². The largest absolute Gasteiger partial charge is 0.493 e. The standard InChI is InChI=1S/C22H23N3O4/c1-28-19-11-10-15(12-20(19)29-16-6-2-3-7-16)24-21(26)13-25-14-23-18-9-5-4-8-17(18)22(25)27/h4-5,8-12,14,16H,2-3,6-7,13H2,1H3,(H,24,26). The Balaban J connectivity index is 1.49. The minimum Gasteiger partial charge on any atom is -0.493 e. The van der Waals surface area contributed by atoms with Gasteiger partial charge in [-0.2, -0.15) is 0 Å². The summed E-state index contributed by atoms with van der Waals surface area (Å²) in [6.45, 7) is -0.123. The van der Waals surface area contributed by atoms with Crippen molar-refractivity contribution in [1.29, 1.82) is 0 Å². The zero-order valence-corrected chi connectivity index (χ0v) is 16.3. The van der Waals surface area contributed by atoms with Gasteiger partial charge in [-0.1, -0.05) is 12.1 Å². The maximum Gasteiger partial charge on any atom is 0.261 e. The molecule has 4 rings (SSSR count). The first-order valence-electron chi connectivity index (χ1n) is 9.73. The first kappa shape index (κ1) is 19.0. The van der Waals surface area contributed by atoms with Gasteiger partial charge in [0.15, 0.2) is 11.5 Å². The smallest absolute Gasteiger partial charge is 0.261 e. The summed E-state index contributed by atoms with van der Waals surface area (Å²) in [6.07, 6.45) is 5.95. The lowest BCUT2D eigenvalue weighted by Crippen LogP contribution is -2.27. The van der Waals surface area contributed by atoms with Gasteiger partial charge in [-0.15, -0.1) is 0 Å². The highest BCUT2D eigenvalue weighted by molar-refractivity contribution is 5.91. The molecule has 0 unspecified atom stereocenters. The molecule has 1 amide bonds. The molecule has 0 bridgehead atoms. The summed E-state index contributed by atoms with van der Waals surface area (Å²) in [7, 11) is 1.59. The van der Waals surface area contributed by atoms with Crippen molar-refractivity contribution in [2.75, 3.05) is 12.4 Å². The number of aromatic nitrogens is 2. The number of ether oxygens (including phenoxy) is 2. The van der Waals surface area contributed by atoms with Crippen LogP contribution in [0.15, 0.2) is 53.6 Å². The fourth-order valence-corrected chi connectivity index (χ4v) is 3.61. The van der Waals surface area contributed by atoms with E-state index in [2.05, 4.69) is 10.3 Å². The highest BCUT2D eigenvalue weighted by Crippen LogP contribution is 2.33. The van der Waals surface area contributed by atoms with Gasteiger partial charge < -0.3 is 14.8 Å². The number of methoxy groups -OCH3 is 1. The van der Waals surface area contributed by atoms with Crippen molar-refractivity contribution in [1.82, 2.24) is 9.55 Å². The van der Waals surface area contributed by atoms with Gasteiger partial charge in [0.1, 0.15) is 6.54 Å². The van der Waals surface area contributed by atoms with Crippen LogP contribution in [0.3, 0.4) is 0 Å². The Bertz CT molecular complexity index is 1090. The number of rotatable bonds is 6. The molecule has 3 aromatic rings. The van der Waals surface area contributed by atoms with Gasteiger partial charge in [-0.05, 0) is 49.9 Å². The summed E-state index contributed by atoms with van der Waals surface area (Å²) in [5.74, 6) is 0.924. The molecule has 7 nitrogen and oxygen atoms in total. The molecule has 29 heavy (non-hydrogen) atoms. The molecule has 1 heterocycles. The monoisotopic (exact) mass is 393 g/mol. The molecule has 7 heteroatoms. The van der Waals surface area contributed by atoms with Crippen molar-refractivity contribution < 1.29 is 14.3 Å². The second kappa shape index (κ2) is 8.34. The lowest BCUT2D eigenvalue weighted by atomic mass is 10.2. The Morgan fingerprint density at radius 1 is 1.17 bits per heavy atom. The summed E-state index contributed by atoms with van der Waals surface area (Å²) < 4.78 is 12.7. The van der Waals surface area contributed by atoms with E-state index >= 15 is 0 Å². The van der Waals surface area contributed by atoms with Gasteiger partial charge >= 0.3 is 0 Å². The van der Waals surface area contributed by atoms with Crippen LogP contribution in [-0.4, -0.2) is 28.7 Å². The number of nitrogens with one attached hydrogen (secondary N) is 1. The number of anilines is 1. The molecular formula is C22H23N3O4. The molecule has 1 N–H and O–H groups in total. The summed E-state index contributed by atoms with van der Waals surface area (Å²) in [6, 6.07) is 12.3. The molecule has 0 atom stereocenters. The van der Waals surface area contributed by atoms with Gasteiger partial charge in [-0.3, -0.25) is 14.2 Å². The zero-order valence-electron chi connectivity index (χ0n) is 16.3. The Kier molecular flexibility index (Phi) is 5.46. The number of hydrogen-bond acceptors (Lipinski definition) is 5. The van der Waals surface area contributed by atoms with Gasteiger partial charge in [-0.25, -0.2) is 4.98 Å². The maximum absolute atomic E-state index is 12.6. The van der Waals surface area contributed by atoms with Crippen LogP contribution in [0.5, 0.6) is 11.5 Å². The summed E-state index contributed by atoms with van der Waals surface area (Å²) in [5.41, 5.74) is 0.953. The van der Waals surface area contributed by atoms with E-state index in [1.807, 2.05) is 6.07 Å². The second-order valence-corrected chi connectivity index (χ2v) is 7.13. The molecule has 1 aliphatic carbocycles. The summed E-state index contributed by atoms with van der Waals surface area (Å²) >= 11 is 0. The summed E-state index contributed by atoms with van der Waals surface area (Å²) in [4.78, 5) is 29.3. The molecule has 0 radical (unpaired) electrons. The number of carbonyl (C=O) groups excluding carboxylic acids is 1. The normalized spacial score (nSPS) is 14.1. The Hall–Kier alpha value is -3.35. The van der Waals surface area contributed by atoms with Gasteiger partial charge in [0.05, 0.1) is 30.4 Å². The quantitative estimate of drug-likeness (QED) is 0.694. The third-order valence-electron chi connectivity index (χ3n) is 5.09. The van der Waals surface area contributed by atoms with Crippen molar-refractivity contribution in [3.63, 3.8) is 0 Å². The van der Waals surface area contributed by atoms with Crippen LogP contribution < -0.4 is 20.3 Å². The van der Waals surface area contributed by atoms with Crippen LogP contribution in [0.2, 0.25) is 0 Å². The predicted octanol–water partition coefficient (Wildman–Crippen LogP) is 3.37. The van der Waals surface area contributed by atoms with Crippen molar-refractivity contribution in [3.05, 3.63) is 59.1 Å². The van der Waals surface area contributed by atoms with Crippen LogP contribution in [0.25, 0.3) is 10.9 Å². The number of amides is 1. The fraction of sp³-hybridized carbons (Fsp3) is 0.318.